The van der Waals surface area contributed by atoms with Crippen LogP contribution >= 0.6 is 0 Å². The lowest BCUT2D eigenvalue weighted by atomic mass is 10.1. The van der Waals surface area contributed by atoms with Gasteiger partial charge in [0.25, 0.3) is 0 Å². The van der Waals surface area contributed by atoms with E-state index in [1.165, 1.54) is 23.0 Å². The lowest BCUT2D eigenvalue weighted by Gasteiger charge is -1.99. The van der Waals surface area contributed by atoms with Crippen molar-refractivity contribution in [3.8, 4) is 17.0 Å². The summed E-state index contributed by atoms with van der Waals surface area (Å²) in [6, 6.07) is 6.35. The zero-order valence-corrected chi connectivity index (χ0v) is 8.58. The van der Waals surface area contributed by atoms with Crippen LogP contribution in [0.1, 0.15) is 10.4 Å². The molecule has 0 aliphatic rings. The number of carboxylic acid groups (broad SMARTS) is 1. The Labute approximate surface area is 91.6 Å². The molecule has 2 rings (SSSR count). The maximum atomic E-state index is 11.0. The van der Waals surface area contributed by atoms with Crippen LogP contribution in [0.25, 0.3) is 11.3 Å². The fourth-order valence-electron chi connectivity index (χ4n) is 1.51. The van der Waals surface area contributed by atoms with Crippen molar-refractivity contribution in [3.63, 3.8) is 0 Å². The zero-order chi connectivity index (χ0) is 11.7. The lowest BCUT2D eigenvalue weighted by Crippen LogP contribution is -1.96. The van der Waals surface area contributed by atoms with E-state index >= 15 is 0 Å². The van der Waals surface area contributed by atoms with Gasteiger partial charge in [0.1, 0.15) is 17.0 Å². The van der Waals surface area contributed by atoms with Crippen LogP contribution in [0.15, 0.2) is 30.5 Å². The van der Waals surface area contributed by atoms with Gasteiger partial charge in [-0.05, 0) is 12.1 Å². The van der Waals surface area contributed by atoms with Crippen molar-refractivity contribution in [2.75, 3.05) is 0 Å². The van der Waals surface area contributed by atoms with Gasteiger partial charge in [-0.2, -0.15) is 5.10 Å². The zero-order valence-electron chi connectivity index (χ0n) is 8.58. The molecule has 5 nitrogen and oxygen atoms in total. The van der Waals surface area contributed by atoms with Crippen LogP contribution in [-0.4, -0.2) is 26.0 Å². The molecule has 5 heteroatoms. The van der Waals surface area contributed by atoms with E-state index in [0.717, 1.165) is 0 Å². The van der Waals surface area contributed by atoms with Crippen molar-refractivity contribution in [3.05, 3.63) is 36.0 Å². The van der Waals surface area contributed by atoms with E-state index in [9.17, 15) is 9.90 Å². The Hall–Kier alpha value is -2.30. The molecule has 0 fully saturated rings. The number of rotatable bonds is 2. The molecule has 2 N–H and O–H groups in total. The normalized spacial score (nSPS) is 10.3. The number of aromatic carboxylic acids is 1. The number of carbonyl (C=O) groups is 1. The van der Waals surface area contributed by atoms with Crippen molar-refractivity contribution in [1.29, 1.82) is 0 Å². The minimum absolute atomic E-state index is 0.0829. The summed E-state index contributed by atoms with van der Waals surface area (Å²) >= 11 is 0. The highest BCUT2D eigenvalue weighted by Gasteiger charge is 2.16. The smallest absolute Gasteiger partial charge is 0.339 e. The first-order chi connectivity index (χ1) is 7.58. The van der Waals surface area contributed by atoms with Crippen LogP contribution in [-0.2, 0) is 7.05 Å². The summed E-state index contributed by atoms with van der Waals surface area (Å²) < 4.78 is 1.43. The maximum Gasteiger partial charge on any atom is 0.339 e. The van der Waals surface area contributed by atoms with Gasteiger partial charge in [-0.15, -0.1) is 0 Å². The van der Waals surface area contributed by atoms with Crippen LogP contribution < -0.4 is 0 Å². The average Bonchev–Trinajstić information content (AvgIpc) is 2.60. The van der Waals surface area contributed by atoms with E-state index < -0.39 is 5.97 Å². The standard InChI is InChI=1S/C11H10N2O3/c1-13-6-9(11(15)16)10(12-13)7-3-2-4-8(14)5-7/h2-6,14H,1H3,(H,15,16). The Morgan fingerprint density at radius 1 is 1.44 bits per heavy atom. The molecule has 1 aromatic carbocycles. The Kier molecular flexibility index (Phi) is 2.36. The highest BCUT2D eigenvalue weighted by Crippen LogP contribution is 2.24. The molecule has 1 aromatic heterocycles. The molecule has 0 aliphatic carbocycles. The summed E-state index contributed by atoms with van der Waals surface area (Å²) in [5, 5.41) is 22.4. The molecule has 0 unspecified atom stereocenters. The molecule has 82 valence electrons. The SMILES string of the molecule is Cn1cc(C(=O)O)c(-c2cccc(O)c2)n1. The molecule has 0 saturated carbocycles. The van der Waals surface area contributed by atoms with Crippen molar-refractivity contribution < 1.29 is 15.0 Å². The van der Waals surface area contributed by atoms with Crippen LogP contribution in [0.4, 0.5) is 0 Å². The van der Waals surface area contributed by atoms with E-state index in [1.54, 1.807) is 19.2 Å². The third-order valence-corrected chi connectivity index (χ3v) is 2.18. The fraction of sp³-hybridized carbons (Fsp3) is 0.0909. The highest BCUT2D eigenvalue weighted by atomic mass is 16.4. The summed E-state index contributed by atoms with van der Waals surface area (Å²) in [6.45, 7) is 0. The second-order valence-electron chi connectivity index (χ2n) is 3.42. The van der Waals surface area contributed by atoms with Gasteiger partial charge in [-0.25, -0.2) is 4.79 Å². The van der Waals surface area contributed by atoms with Gasteiger partial charge in [0.15, 0.2) is 0 Å². The minimum atomic E-state index is -1.04. The van der Waals surface area contributed by atoms with E-state index in [1.807, 2.05) is 0 Å². The predicted octanol–water partition coefficient (Wildman–Crippen LogP) is 1.49. The number of benzene rings is 1. The van der Waals surface area contributed by atoms with E-state index in [4.69, 9.17) is 5.11 Å². The van der Waals surface area contributed by atoms with E-state index in [-0.39, 0.29) is 11.3 Å². The molecule has 0 saturated heterocycles. The summed E-state index contributed by atoms with van der Waals surface area (Å²) in [7, 11) is 1.65. The molecule has 1 heterocycles. The Bertz CT molecular complexity index is 546. The monoisotopic (exact) mass is 218 g/mol. The molecule has 0 atom stereocenters. The van der Waals surface area contributed by atoms with Gasteiger partial charge in [0, 0.05) is 18.8 Å². The van der Waals surface area contributed by atoms with Crippen LogP contribution in [0, 0.1) is 0 Å². The first-order valence-corrected chi connectivity index (χ1v) is 4.64. The first-order valence-electron chi connectivity index (χ1n) is 4.64. The molecule has 2 aromatic rings. The van der Waals surface area contributed by atoms with E-state index in [2.05, 4.69) is 5.10 Å². The summed E-state index contributed by atoms with van der Waals surface area (Å²) in [6.07, 6.45) is 1.43. The second kappa shape index (κ2) is 3.69. The molecule has 0 amide bonds. The van der Waals surface area contributed by atoms with Crippen molar-refractivity contribution >= 4 is 5.97 Å². The first kappa shape index (κ1) is 10.2. The number of aromatic nitrogens is 2. The van der Waals surface area contributed by atoms with Gasteiger partial charge in [0.2, 0.25) is 0 Å². The van der Waals surface area contributed by atoms with Crippen molar-refractivity contribution in [2.45, 2.75) is 0 Å². The number of nitrogens with zero attached hydrogens (tertiary/aromatic N) is 2. The van der Waals surface area contributed by atoms with Crippen LogP contribution in [0.2, 0.25) is 0 Å². The van der Waals surface area contributed by atoms with Gasteiger partial charge in [-0.1, -0.05) is 12.1 Å². The Morgan fingerprint density at radius 3 is 2.81 bits per heavy atom. The minimum Gasteiger partial charge on any atom is -0.508 e. The fourth-order valence-corrected chi connectivity index (χ4v) is 1.51. The summed E-state index contributed by atoms with van der Waals surface area (Å²) in [5.74, 6) is -0.953. The molecular weight excluding hydrogens is 208 g/mol. The van der Waals surface area contributed by atoms with Gasteiger partial charge >= 0.3 is 5.97 Å². The molecule has 0 radical (unpaired) electrons. The summed E-state index contributed by atoms with van der Waals surface area (Å²) in [4.78, 5) is 11.0. The van der Waals surface area contributed by atoms with Gasteiger partial charge in [-0.3, -0.25) is 4.68 Å². The number of aromatic hydroxyl groups is 1. The third kappa shape index (κ3) is 1.75. The average molecular weight is 218 g/mol. The van der Waals surface area contributed by atoms with Crippen molar-refractivity contribution in [2.24, 2.45) is 7.05 Å². The topological polar surface area (TPSA) is 75.4 Å². The maximum absolute atomic E-state index is 11.0. The third-order valence-electron chi connectivity index (χ3n) is 2.18. The molecule has 0 bridgehead atoms. The molecule has 16 heavy (non-hydrogen) atoms. The summed E-state index contributed by atoms with van der Waals surface area (Å²) in [5.41, 5.74) is 1.05. The predicted molar refractivity (Wildman–Crippen MR) is 57.3 cm³/mol. The van der Waals surface area contributed by atoms with Crippen LogP contribution in [0.5, 0.6) is 5.75 Å². The molecule has 0 aliphatic heterocycles. The highest BCUT2D eigenvalue weighted by molar-refractivity contribution is 5.94. The number of carboxylic acids is 1. The number of aryl methyl sites for hydroxylation is 1. The lowest BCUT2D eigenvalue weighted by molar-refractivity contribution is 0.0697. The number of phenols is 1. The quantitative estimate of drug-likeness (QED) is 0.800. The second-order valence-corrected chi connectivity index (χ2v) is 3.42. The molecule has 0 spiro atoms. The van der Waals surface area contributed by atoms with E-state index in [0.29, 0.717) is 11.3 Å². The van der Waals surface area contributed by atoms with Gasteiger partial charge in [0.05, 0.1) is 0 Å². The number of hydrogen-bond donors (Lipinski definition) is 2. The van der Waals surface area contributed by atoms with Crippen molar-refractivity contribution in [1.82, 2.24) is 9.78 Å². The largest absolute Gasteiger partial charge is 0.508 e. The Morgan fingerprint density at radius 2 is 2.19 bits per heavy atom. The number of hydrogen-bond acceptors (Lipinski definition) is 3. The van der Waals surface area contributed by atoms with Gasteiger partial charge < -0.3 is 10.2 Å². The molecular formula is C11H10N2O3. The Balaban J connectivity index is 2.59. The van der Waals surface area contributed by atoms with Crippen LogP contribution in [0.3, 0.4) is 0 Å². The number of phenolic OH excluding ortho intramolecular Hbond substituents is 1.